The molecule has 6 heteroatoms. The zero-order valence-corrected chi connectivity index (χ0v) is 12.6. The topological polar surface area (TPSA) is 84.6 Å². The zero-order chi connectivity index (χ0) is 16.4. The van der Waals surface area contributed by atoms with Gasteiger partial charge >= 0.3 is 0 Å². The summed E-state index contributed by atoms with van der Waals surface area (Å²) in [5, 5.41) is 19.5. The molecule has 0 atom stereocenters. The van der Waals surface area contributed by atoms with Gasteiger partial charge in [-0.1, -0.05) is 12.1 Å². The molecule has 0 aliphatic heterocycles. The largest absolute Gasteiger partial charge is 0.507 e. The second kappa shape index (κ2) is 6.10. The zero-order valence-electron chi connectivity index (χ0n) is 12.6. The molecule has 2 heterocycles. The Morgan fingerprint density at radius 2 is 1.96 bits per heavy atom. The van der Waals surface area contributed by atoms with E-state index < -0.39 is 0 Å². The maximum Gasteiger partial charge on any atom is 0.277 e. The third-order valence-corrected chi connectivity index (χ3v) is 3.73. The fraction of sp³-hybridized carbons (Fsp3) is 0.176. The lowest BCUT2D eigenvalue weighted by Crippen LogP contribution is -2.21. The van der Waals surface area contributed by atoms with Gasteiger partial charge in [-0.25, -0.2) is 4.98 Å². The van der Waals surface area contributed by atoms with Crippen LogP contribution in [0.2, 0.25) is 0 Å². The molecule has 0 saturated carbocycles. The lowest BCUT2D eigenvalue weighted by atomic mass is 10.1. The molecule has 0 bridgehead atoms. The van der Waals surface area contributed by atoms with E-state index in [1.54, 1.807) is 19.4 Å². The first-order valence-corrected chi connectivity index (χ1v) is 7.08. The van der Waals surface area contributed by atoms with Crippen molar-refractivity contribution in [1.29, 1.82) is 0 Å². The highest BCUT2D eigenvalue weighted by molar-refractivity contribution is 5.84. The predicted molar refractivity (Wildman–Crippen MR) is 85.7 cm³/mol. The number of ether oxygens (including phenoxy) is 1. The van der Waals surface area contributed by atoms with Crippen molar-refractivity contribution in [1.82, 2.24) is 9.55 Å². The molecule has 118 valence electrons. The Morgan fingerprint density at radius 3 is 2.61 bits per heavy atom. The third-order valence-electron chi connectivity index (χ3n) is 3.73. The van der Waals surface area contributed by atoms with Gasteiger partial charge in [0.2, 0.25) is 0 Å². The number of aliphatic hydroxyl groups excluding tert-OH is 1. The molecular formula is C17H16N2O4. The number of pyridine rings is 2. The van der Waals surface area contributed by atoms with Crippen LogP contribution in [0.1, 0.15) is 11.1 Å². The average molecular weight is 312 g/mol. The smallest absolute Gasteiger partial charge is 0.277 e. The van der Waals surface area contributed by atoms with Crippen molar-refractivity contribution in [2.24, 2.45) is 0 Å². The number of aromatic nitrogens is 2. The van der Waals surface area contributed by atoms with E-state index in [-0.39, 0.29) is 23.4 Å². The molecule has 3 aromatic rings. The van der Waals surface area contributed by atoms with Crippen LogP contribution in [0, 0.1) is 0 Å². The van der Waals surface area contributed by atoms with Gasteiger partial charge in [0, 0.05) is 23.3 Å². The van der Waals surface area contributed by atoms with Gasteiger partial charge in [-0.3, -0.25) is 4.79 Å². The number of rotatable bonds is 4. The van der Waals surface area contributed by atoms with Crippen LogP contribution in [0.15, 0.2) is 47.5 Å². The summed E-state index contributed by atoms with van der Waals surface area (Å²) >= 11 is 0. The monoisotopic (exact) mass is 312 g/mol. The third kappa shape index (κ3) is 2.76. The van der Waals surface area contributed by atoms with Gasteiger partial charge in [-0.05, 0) is 23.8 Å². The quantitative estimate of drug-likeness (QED) is 0.765. The molecule has 2 aromatic heterocycles. The highest BCUT2D eigenvalue weighted by atomic mass is 16.5. The number of methoxy groups -OCH3 is 1. The van der Waals surface area contributed by atoms with Gasteiger partial charge in [-0.2, -0.15) is 0 Å². The second-order valence-electron chi connectivity index (χ2n) is 5.15. The highest BCUT2D eigenvalue weighted by Crippen LogP contribution is 2.25. The maximum atomic E-state index is 12.5. The van der Waals surface area contributed by atoms with Crippen LogP contribution in [0.5, 0.6) is 11.5 Å². The van der Waals surface area contributed by atoms with Crippen LogP contribution in [0.25, 0.3) is 10.9 Å². The number of aromatic hydroxyl groups is 1. The summed E-state index contributed by atoms with van der Waals surface area (Å²) in [6, 6.07) is 9.06. The summed E-state index contributed by atoms with van der Waals surface area (Å²) in [7, 11) is 1.60. The standard InChI is InChI=1S/C17H16N2O4/c1-23-13-4-2-11(3-5-13)9-19-7-6-14-15(17(19)22)18-8-12(10-20)16(14)21/h2-8,20H,9-10H2,1H3,(H,18,21). The first kappa shape index (κ1) is 15.1. The van der Waals surface area contributed by atoms with E-state index in [4.69, 9.17) is 9.84 Å². The first-order chi connectivity index (χ1) is 11.1. The number of fused-ring (bicyclic) bond motifs is 1. The van der Waals surface area contributed by atoms with Gasteiger partial charge in [-0.15, -0.1) is 0 Å². The van der Waals surface area contributed by atoms with Gasteiger partial charge in [0.1, 0.15) is 17.0 Å². The molecule has 0 fully saturated rings. The molecular weight excluding hydrogens is 296 g/mol. The van der Waals surface area contributed by atoms with E-state index >= 15 is 0 Å². The van der Waals surface area contributed by atoms with Gasteiger partial charge in [0.15, 0.2) is 0 Å². The van der Waals surface area contributed by atoms with Crippen LogP contribution in [0.3, 0.4) is 0 Å². The molecule has 0 radical (unpaired) electrons. The van der Waals surface area contributed by atoms with E-state index in [1.165, 1.54) is 10.8 Å². The fourth-order valence-corrected chi connectivity index (χ4v) is 2.42. The Morgan fingerprint density at radius 1 is 1.22 bits per heavy atom. The second-order valence-corrected chi connectivity index (χ2v) is 5.15. The maximum absolute atomic E-state index is 12.5. The minimum absolute atomic E-state index is 0.105. The molecule has 0 saturated heterocycles. The van der Waals surface area contributed by atoms with Gasteiger partial charge < -0.3 is 19.5 Å². The summed E-state index contributed by atoms with van der Waals surface area (Å²) in [5.41, 5.74) is 1.13. The fourth-order valence-electron chi connectivity index (χ4n) is 2.42. The van der Waals surface area contributed by atoms with E-state index in [0.717, 1.165) is 11.3 Å². The lowest BCUT2D eigenvalue weighted by Gasteiger charge is -2.09. The van der Waals surface area contributed by atoms with Crippen molar-refractivity contribution >= 4 is 10.9 Å². The predicted octanol–water partition coefficient (Wildman–Crippen LogP) is 1.65. The number of hydrogen-bond acceptors (Lipinski definition) is 5. The molecule has 0 spiro atoms. The molecule has 3 rings (SSSR count). The summed E-state index contributed by atoms with van der Waals surface area (Å²) in [6.07, 6.45) is 2.92. The lowest BCUT2D eigenvalue weighted by molar-refractivity contribution is 0.275. The molecule has 6 nitrogen and oxygen atoms in total. The molecule has 23 heavy (non-hydrogen) atoms. The van der Waals surface area contributed by atoms with E-state index in [0.29, 0.717) is 17.5 Å². The van der Waals surface area contributed by atoms with Gasteiger partial charge in [0.05, 0.1) is 20.3 Å². The van der Waals surface area contributed by atoms with Crippen molar-refractivity contribution in [3.05, 3.63) is 64.2 Å². The van der Waals surface area contributed by atoms with Crippen molar-refractivity contribution in [3.63, 3.8) is 0 Å². The summed E-state index contributed by atoms with van der Waals surface area (Å²) in [6.45, 7) is 0.0622. The Balaban J connectivity index is 2.02. The molecule has 0 aliphatic rings. The summed E-state index contributed by atoms with van der Waals surface area (Å²) in [4.78, 5) is 16.6. The summed E-state index contributed by atoms with van der Waals surface area (Å²) < 4.78 is 6.63. The van der Waals surface area contributed by atoms with Crippen molar-refractivity contribution in [3.8, 4) is 11.5 Å². The Hall–Kier alpha value is -2.86. The highest BCUT2D eigenvalue weighted by Gasteiger charge is 2.11. The Kier molecular flexibility index (Phi) is 3.99. The van der Waals surface area contributed by atoms with Crippen LogP contribution in [-0.2, 0) is 13.2 Å². The molecule has 1 aromatic carbocycles. The average Bonchev–Trinajstić information content (AvgIpc) is 2.58. The minimum Gasteiger partial charge on any atom is -0.507 e. The van der Waals surface area contributed by atoms with Crippen LogP contribution < -0.4 is 10.3 Å². The van der Waals surface area contributed by atoms with Crippen molar-refractivity contribution in [2.75, 3.05) is 7.11 Å². The number of aliphatic hydroxyl groups is 1. The van der Waals surface area contributed by atoms with Gasteiger partial charge in [0.25, 0.3) is 5.56 Å². The van der Waals surface area contributed by atoms with Crippen LogP contribution in [0.4, 0.5) is 0 Å². The number of hydrogen-bond donors (Lipinski definition) is 2. The molecule has 2 N–H and O–H groups in total. The van der Waals surface area contributed by atoms with E-state index in [9.17, 15) is 9.90 Å². The van der Waals surface area contributed by atoms with Crippen molar-refractivity contribution in [2.45, 2.75) is 13.2 Å². The summed E-state index contributed by atoms with van der Waals surface area (Å²) in [5.74, 6) is 0.647. The van der Waals surface area contributed by atoms with E-state index in [2.05, 4.69) is 4.98 Å². The van der Waals surface area contributed by atoms with Crippen LogP contribution >= 0.6 is 0 Å². The molecule has 0 amide bonds. The molecule has 0 aliphatic carbocycles. The van der Waals surface area contributed by atoms with Crippen LogP contribution in [-0.4, -0.2) is 26.9 Å². The molecule has 0 unspecified atom stereocenters. The minimum atomic E-state index is -0.330. The Labute approximate surface area is 132 Å². The number of nitrogens with zero attached hydrogens (tertiary/aromatic N) is 2. The van der Waals surface area contributed by atoms with E-state index in [1.807, 2.05) is 24.3 Å². The SMILES string of the molecule is COc1ccc(Cn2ccc3c(O)c(CO)cnc3c2=O)cc1. The first-order valence-electron chi connectivity index (χ1n) is 7.08. The normalized spacial score (nSPS) is 10.9. The van der Waals surface area contributed by atoms with Crippen molar-refractivity contribution < 1.29 is 14.9 Å². The number of benzene rings is 1. The Bertz CT molecular complexity index is 901.